The molecule has 0 aliphatic carbocycles. The van der Waals surface area contributed by atoms with Gasteiger partial charge in [-0.05, 0) is 44.0 Å². The molecule has 1 aromatic rings. The van der Waals surface area contributed by atoms with Gasteiger partial charge in [-0.3, -0.25) is 0 Å². The lowest BCUT2D eigenvalue weighted by atomic mass is 10.1. The summed E-state index contributed by atoms with van der Waals surface area (Å²) in [6.07, 6.45) is -1.24. The van der Waals surface area contributed by atoms with Gasteiger partial charge in [-0.25, -0.2) is 0 Å². The Morgan fingerprint density at radius 1 is 1.37 bits per heavy atom. The van der Waals surface area contributed by atoms with Crippen molar-refractivity contribution in [2.45, 2.75) is 31.5 Å². The highest BCUT2D eigenvalue weighted by Crippen LogP contribution is 2.36. The lowest BCUT2D eigenvalue weighted by Crippen LogP contribution is -2.24. The third-order valence-electron chi connectivity index (χ3n) is 3.26. The van der Waals surface area contributed by atoms with Crippen LogP contribution in [0.1, 0.15) is 24.8 Å². The molecule has 2 rings (SSSR count). The summed E-state index contributed by atoms with van der Waals surface area (Å²) in [5.41, 5.74) is -0.477. The van der Waals surface area contributed by atoms with Gasteiger partial charge in [0.15, 0.2) is 0 Å². The molecule has 1 heterocycles. The lowest BCUT2D eigenvalue weighted by Gasteiger charge is -2.16. The van der Waals surface area contributed by atoms with E-state index in [9.17, 15) is 13.2 Å². The molecule has 0 bridgehead atoms. The fourth-order valence-electron chi connectivity index (χ4n) is 2.29. The topological polar surface area (TPSA) is 24.1 Å². The van der Waals surface area contributed by atoms with E-state index < -0.39 is 11.7 Å². The van der Waals surface area contributed by atoms with Gasteiger partial charge in [-0.1, -0.05) is 15.9 Å². The van der Waals surface area contributed by atoms with Crippen molar-refractivity contribution in [3.63, 3.8) is 0 Å². The van der Waals surface area contributed by atoms with Gasteiger partial charge < -0.3 is 10.6 Å². The Morgan fingerprint density at radius 2 is 2.16 bits per heavy atom. The van der Waals surface area contributed by atoms with Crippen molar-refractivity contribution in [2.75, 3.05) is 18.4 Å². The quantitative estimate of drug-likeness (QED) is 0.867. The number of rotatable bonds is 4. The molecule has 2 nitrogen and oxygen atoms in total. The fourth-order valence-corrected chi connectivity index (χ4v) is 2.65. The molecule has 1 saturated heterocycles. The zero-order chi connectivity index (χ0) is 13.9. The van der Waals surface area contributed by atoms with E-state index >= 15 is 0 Å². The first-order valence-corrected chi connectivity index (χ1v) is 7.10. The largest absolute Gasteiger partial charge is 0.418 e. The molecule has 1 aliphatic heterocycles. The van der Waals surface area contributed by atoms with Gasteiger partial charge in [0, 0.05) is 22.7 Å². The van der Waals surface area contributed by atoms with Gasteiger partial charge in [0.2, 0.25) is 0 Å². The maximum Gasteiger partial charge on any atom is 0.418 e. The highest BCUT2D eigenvalue weighted by Gasteiger charge is 2.33. The zero-order valence-electron chi connectivity index (χ0n) is 10.4. The second kappa shape index (κ2) is 6.13. The smallest absolute Gasteiger partial charge is 0.384 e. The summed E-state index contributed by atoms with van der Waals surface area (Å²) in [7, 11) is 0. The molecule has 0 aromatic heterocycles. The van der Waals surface area contributed by atoms with Crippen LogP contribution >= 0.6 is 15.9 Å². The van der Waals surface area contributed by atoms with Crippen molar-refractivity contribution >= 4 is 21.6 Å². The number of hydrogen-bond acceptors (Lipinski definition) is 2. The minimum absolute atomic E-state index is 0.147. The molecule has 0 saturated carbocycles. The van der Waals surface area contributed by atoms with Gasteiger partial charge in [-0.15, -0.1) is 0 Å². The second-order valence-electron chi connectivity index (χ2n) is 4.70. The second-order valence-corrected chi connectivity index (χ2v) is 5.61. The zero-order valence-corrected chi connectivity index (χ0v) is 11.9. The van der Waals surface area contributed by atoms with E-state index in [0.29, 0.717) is 17.1 Å². The standard InChI is InChI=1S/C13H16BrF3N2/c14-9-3-4-12(11(8-9)13(15,16)17)19-7-5-10-2-1-6-18-10/h3-4,8,10,18-19H,1-2,5-7H2. The van der Waals surface area contributed by atoms with Gasteiger partial charge >= 0.3 is 6.18 Å². The molecule has 1 aliphatic rings. The van der Waals surface area contributed by atoms with Crippen molar-refractivity contribution in [3.8, 4) is 0 Å². The molecule has 106 valence electrons. The maximum absolute atomic E-state index is 12.9. The number of anilines is 1. The van der Waals surface area contributed by atoms with Crippen LogP contribution in [-0.4, -0.2) is 19.1 Å². The summed E-state index contributed by atoms with van der Waals surface area (Å²) in [5.74, 6) is 0. The molecule has 1 aromatic carbocycles. The van der Waals surface area contributed by atoms with Gasteiger partial charge in [0.25, 0.3) is 0 Å². The van der Waals surface area contributed by atoms with E-state index in [4.69, 9.17) is 0 Å². The van der Waals surface area contributed by atoms with Gasteiger partial charge in [0.1, 0.15) is 0 Å². The third kappa shape index (κ3) is 4.11. The van der Waals surface area contributed by atoms with Crippen LogP contribution < -0.4 is 10.6 Å². The van der Waals surface area contributed by atoms with Crippen molar-refractivity contribution in [2.24, 2.45) is 0 Å². The summed E-state index contributed by atoms with van der Waals surface area (Å²) in [6.45, 7) is 1.55. The molecule has 19 heavy (non-hydrogen) atoms. The van der Waals surface area contributed by atoms with Crippen molar-refractivity contribution in [1.29, 1.82) is 0 Å². The van der Waals surface area contributed by atoms with Crippen LogP contribution in [0, 0.1) is 0 Å². The summed E-state index contributed by atoms with van der Waals surface area (Å²) in [5, 5.41) is 6.22. The Hall–Kier alpha value is -0.750. The number of nitrogens with one attached hydrogen (secondary N) is 2. The Balaban J connectivity index is 1.98. The van der Waals surface area contributed by atoms with Crippen LogP contribution in [0.5, 0.6) is 0 Å². The van der Waals surface area contributed by atoms with E-state index in [2.05, 4.69) is 26.6 Å². The minimum atomic E-state index is -4.34. The minimum Gasteiger partial charge on any atom is -0.384 e. The Labute approximate surface area is 118 Å². The molecular weight excluding hydrogens is 321 g/mol. The maximum atomic E-state index is 12.9. The molecule has 0 radical (unpaired) electrons. The summed E-state index contributed by atoms with van der Waals surface area (Å²) < 4.78 is 39.1. The third-order valence-corrected chi connectivity index (χ3v) is 3.75. The molecule has 0 amide bonds. The Morgan fingerprint density at radius 3 is 2.79 bits per heavy atom. The molecule has 2 N–H and O–H groups in total. The summed E-state index contributed by atoms with van der Waals surface area (Å²) >= 11 is 3.07. The molecule has 6 heteroatoms. The molecule has 0 spiro atoms. The van der Waals surface area contributed by atoms with Gasteiger partial charge in [0.05, 0.1) is 5.56 Å². The Bertz CT molecular complexity index is 428. The first-order valence-electron chi connectivity index (χ1n) is 6.31. The number of benzene rings is 1. The predicted molar refractivity (Wildman–Crippen MR) is 73.3 cm³/mol. The highest BCUT2D eigenvalue weighted by atomic mass is 79.9. The average Bonchev–Trinajstić information content (AvgIpc) is 2.83. The van der Waals surface area contributed by atoms with Crippen LogP contribution in [-0.2, 0) is 6.18 Å². The molecule has 1 atom stereocenters. The normalized spacial score (nSPS) is 19.7. The fraction of sp³-hybridized carbons (Fsp3) is 0.538. The summed E-state index contributed by atoms with van der Waals surface area (Å²) in [6, 6.07) is 4.62. The van der Waals surface area contributed by atoms with E-state index in [1.54, 1.807) is 6.07 Å². The van der Waals surface area contributed by atoms with Crippen molar-refractivity contribution in [3.05, 3.63) is 28.2 Å². The van der Waals surface area contributed by atoms with Crippen molar-refractivity contribution in [1.82, 2.24) is 5.32 Å². The van der Waals surface area contributed by atoms with Crippen LogP contribution in [0.4, 0.5) is 18.9 Å². The summed E-state index contributed by atoms with van der Waals surface area (Å²) in [4.78, 5) is 0. The van der Waals surface area contributed by atoms with E-state index in [1.807, 2.05) is 0 Å². The average molecular weight is 337 g/mol. The first kappa shape index (κ1) is 14.7. The van der Waals surface area contributed by atoms with Crippen LogP contribution in [0.2, 0.25) is 0 Å². The lowest BCUT2D eigenvalue weighted by molar-refractivity contribution is -0.137. The van der Waals surface area contributed by atoms with Crippen LogP contribution in [0.3, 0.4) is 0 Å². The van der Waals surface area contributed by atoms with E-state index in [-0.39, 0.29) is 5.69 Å². The van der Waals surface area contributed by atoms with E-state index in [0.717, 1.165) is 31.9 Å². The van der Waals surface area contributed by atoms with E-state index in [1.165, 1.54) is 6.07 Å². The number of hydrogen-bond donors (Lipinski definition) is 2. The van der Waals surface area contributed by atoms with Gasteiger partial charge in [-0.2, -0.15) is 13.2 Å². The number of alkyl halides is 3. The first-order chi connectivity index (χ1) is 8.97. The SMILES string of the molecule is FC(F)(F)c1cc(Br)ccc1NCCC1CCCN1. The van der Waals surface area contributed by atoms with Crippen LogP contribution in [0.25, 0.3) is 0 Å². The number of halogens is 4. The molecule has 1 unspecified atom stereocenters. The molecule has 1 fully saturated rings. The Kier molecular flexibility index (Phi) is 4.73. The monoisotopic (exact) mass is 336 g/mol. The van der Waals surface area contributed by atoms with Crippen LogP contribution in [0.15, 0.2) is 22.7 Å². The van der Waals surface area contributed by atoms with Crippen molar-refractivity contribution < 1.29 is 13.2 Å². The molecular formula is C13H16BrF3N2. The highest BCUT2D eigenvalue weighted by molar-refractivity contribution is 9.10. The predicted octanol–water partition coefficient (Wildman–Crippen LogP) is 4.02.